The smallest absolute Gasteiger partial charge is 0.164 e. The molecule has 8 heavy (non-hydrogen) atoms. The zero-order valence-corrected chi connectivity index (χ0v) is 5.16. The van der Waals surface area contributed by atoms with Crippen LogP contribution in [0.2, 0.25) is 0 Å². The molecule has 0 aliphatic carbocycles. The Balaban J connectivity index is 3.18. The predicted molar refractivity (Wildman–Crippen MR) is 36.6 cm³/mol. The fraction of sp³-hybridized carbons (Fsp3) is 0.250. The summed E-state index contributed by atoms with van der Waals surface area (Å²) in [6, 6.07) is 0. The number of hydrogen-bond acceptors (Lipinski definition) is 2. The van der Waals surface area contributed by atoms with Crippen LogP contribution in [0.3, 0.4) is 0 Å². The van der Waals surface area contributed by atoms with Gasteiger partial charge in [-0.15, -0.1) is 0 Å². The van der Waals surface area contributed by atoms with Crippen molar-refractivity contribution < 1.29 is 5.11 Å². The quantitative estimate of drug-likeness (QED) is 0.362. The third-order valence-electron chi connectivity index (χ3n) is 0.467. The topological polar surface area (TPSA) is 58.3 Å². The Morgan fingerprint density at radius 3 is 2.50 bits per heavy atom. The summed E-state index contributed by atoms with van der Waals surface area (Å²) in [7, 11) is 0. The Labute approximate surface area is 53.2 Å². The summed E-state index contributed by atoms with van der Waals surface area (Å²) in [5, 5.41) is 11.1. The molecule has 4 N–H and O–H groups in total. The zero-order valence-electron chi connectivity index (χ0n) is 4.35. The number of nitrogens with one attached hydrogen (secondary N) is 1. The van der Waals surface area contributed by atoms with E-state index in [2.05, 4.69) is 24.1 Å². The van der Waals surface area contributed by atoms with Crippen molar-refractivity contribution >= 4 is 17.3 Å². The number of aliphatic hydroxyl groups excluding tert-OH is 1. The molecule has 0 aliphatic rings. The van der Waals surface area contributed by atoms with Gasteiger partial charge in [0.25, 0.3) is 0 Å². The Hall–Kier alpha value is -0.770. The molecular formula is C4H8N2OS. The van der Waals surface area contributed by atoms with Gasteiger partial charge in [-0.25, -0.2) is 0 Å². The van der Waals surface area contributed by atoms with E-state index >= 15 is 0 Å². The molecule has 0 saturated heterocycles. The number of hydrogen-bond donors (Lipinski definition) is 3. The zero-order chi connectivity index (χ0) is 6.57. The van der Waals surface area contributed by atoms with Gasteiger partial charge in [-0.1, -0.05) is 6.58 Å². The molecule has 46 valence electrons. The highest BCUT2D eigenvalue weighted by Crippen LogP contribution is 1.73. The highest BCUT2D eigenvalue weighted by Gasteiger charge is 1.86. The van der Waals surface area contributed by atoms with Gasteiger partial charge in [-0.3, -0.25) is 0 Å². The second-order valence-electron chi connectivity index (χ2n) is 1.28. The fourth-order valence-corrected chi connectivity index (χ4v) is 0.261. The van der Waals surface area contributed by atoms with Crippen LogP contribution in [0, 0.1) is 0 Å². The van der Waals surface area contributed by atoms with Gasteiger partial charge >= 0.3 is 0 Å². The molecule has 0 aromatic carbocycles. The van der Waals surface area contributed by atoms with E-state index in [1.54, 1.807) is 0 Å². The van der Waals surface area contributed by atoms with Crippen LogP contribution in [0.4, 0.5) is 0 Å². The standard InChI is InChI=1S/C4H8N2OS/c1-3(7)2-6-4(5)8/h7H,1-2H2,(H3,5,6,8). The largest absolute Gasteiger partial charge is 0.511 e. The van der Waals surface area contributed by atoms with E-state index in [4.69, 9.17) is 10.8 Å². The van der Waals surface area contributed by atoms with Crippen LogP contribution in [0.25, 0.3) is 0 Å². The Bertz CT molecular complexity index is 98.6. The van der Waals surface area contributed by atoms with E-state index in [-0.39, 0.29) is 17.4 Å². The number of rotatable bonds is 2. The van der Waals surface area contributed by atoms with Crippen molar-refractivity contribution in [1.29, 1.82) is 0 Å². The van der Waals surface area contributed by atoms with Crippen molar-refractivity contribution in [1.82, 2.24) is 5.32 Å². The molecule has 0 aliphatic heterocycles. The monoisotopic (exact) mass is 132 g/mol. The molecule has 0 fully saturated rings. The Morgan fingerprint density at radius 1 is 1.88 bits per heavy atom. The summed E-state index contributed by atoms with van der Waals surface area (Å²) >= 11 is 4.43. The average Bonchev–Trinajstić information content (AvgIpc) is 1.61. The van der Waals surface area contributed by atoms with Gasteiger partial charge in [0.05, 0.1) is 6.54 Å². The van der Waals surface area contributed by atoms with Crippen LogP contribution in [0.5, 0.6) is 0 Å². The van der Waals surface area contributed by atoms with E-state index in [1.165, 1.54) is 0 Å². The van der Waals surface area contributed by atoms with Gasteiger partial charge in [0.1, 0.15) is 5.76 Å². The van der Waals surface area contributed by atoms with Crippen molar-refractivity contribution in [2.24, 2.45) is 5.73 Å². The Kier molecular flexibility index (Phi) is 2.95. The maximum atomic E-state index is 8.43. The SMILES string of the molecule is C=C(O)CNC(N)=S. The summed E-state index contributed by atoms with van der Waals surface area (Å²) < 4.78 is 0. The molecule has 0 unspecified atom stereocenters. The first kappa shape index (κ1) is 7.23. The third kappa shape index (κ3) is 5.23. The summed E-state index contributed by atoms with van der Waals surface area (Å²) in [6.45, 7) is 3.44. The molecule has 0 spiro atoms. The van der Waals surface area contributed by atoms with Gasteiger partial charge < -0.3 is 16.2 Å². The molecular weight excluding hydrogens is 124 g/mol. The van der Waals surface area contributed by atoms with Crippen molar-refractivity contribution in [3.63, 3.8) is 0 Å². The molecule has 3 nitrogen and oxygen atoms in total. The number of thiocarbonyl (C=S) groups is 1. The maximum Gasteiger partial charge on any atom is 0.164 e. The molecule has 0 atom stereocenters. The van der Waals surface area contributed by atoms with E-state index in [9.17, 15) is 0 Å². The van der Waals surface area contributed by atoms with Crippen molar-refractivity contribution in [2.45, 2.75) is 0 Å². The van der Waals surface area contributed by atoms with Gasteiger partial charge in [-0.05, 0) is 12.2 Å². The highest BCUT2D eigenvalue weighted by atomic mass is 32.1. The second kappa shape index (κ2) is 3.26. The first-order chi connectivity index (χ1) is 3.63. The van der Waals surface area contributed by atoms with Crippen molar-refractivity contribution in [2.75, 3.05) is 6.54 Å². The van der Waals surface area contributed by atoms with Gasteiger partial charge in [0, 0.05) is 0 Å². The van der Waals surface area contributed by atoms with Crippen molar-refractivity contribution in [3.8, 4) is 0 Å². The molecule has 0 radical (unpaired) electrons. The van der Waals surface area contributed by atoms with E-state index in [0.717, 1.165) is 0 Å². The van der Waals surface area contributed by atoms with Crippen molar-refractivity contribution in [3.05, 3.63) is 12.3 Å². The fourth-order valence-electron chi connectivity index (χ4n) is 0.189. The van der Waals surface area contributed by atoms with Crippen LogP contribution < -0.4 is 11.1 Å². The molecule has 0 saturated carbocycles. The first-order valence-corrected chi connectivity index (χ1v) is 2.44. The van der Waals surface area contributed by atoms with Gasteiger partial charge in [0.2, 0.25) is 0 Å². The van der Waals surface area contributed by atoms with E-state index < -0.39 is 0 Å². The normalized spacial score (nSPS) is 8.00. The molecule has 0 amide bonds. The molecule has 0 rings (SSSR count). The van der Waals surface area contributed by atoms with Gasteiger partial charge in [-0.2, -0.15) is 0 Å². The van der Waals surface area contributed by atoms with Crippen LogP contribution in [0.1, 0.15) is 0 Å². The Morgan fingerprint density at radius 2 is 2.38 bits per heavy atom. The minimum Gasteiger partial charge on any atom is -0.511 e. The summed E-state index contributed by atoms with van der Waals surface area (Å²) in [4.78, 5) is 0. The van der Waals surface area contributed by atoms with Gasteiger partial charge in [0.15, 0.2) is 5.11 Å². The number of nitrogens with two attached hydrogens (primary N) is 1. The third-order valence-corrected chi connectivity index (χ3v) is 0.611. The maximum absolute atomic E-state index is 8.43. The van der Waals surface area contributed by atoms with Crippen LogP contribution in [-0.4, -0.2) is 16.8 Å². The molecule has 0 aromatic rings. The summed E-state index contributed by atoms with van der Waals surface area (Å²) in [5.41, 5.74) is 5.01. The molecule has 0 heterocycles. The minimum absolute atomic E-state index is 0.0257. The minimum atomic E-state index is 0.0257. The summed E-state index contributed by atoms with van der Waals surface area (Å²) in [6.07, 6.45) is 0. The molecule has 4 heteroatoms. The average molecular weight is 132 g/mol. The lowest BCUT2D eigenvalue weighted by Crippen LogP contribution is -2.30. The van der Waals surface area contributed by atoms with Crippen LogP contribution in [0.15, 0.2) is 12.3 Å². The predicted octanol–water partition coefficient (Wildman–Crippen LogP) is -0.109. The summed E-state index contributed by atoms with van der Waals surface area (Å²) in [5.74, 6) is 0.0257. The highest BCUT2D eigenvalue weighted by molar-refractivity contribution is 7.80. The number of aliphatic hydroxyl groups is 1. The van der Waals surface area contributed by atoms with Crippen LogP contribution >= 0.6 is 12.2 Å². The van der Waals surface area contributed by atoms with E-state index in [1.807, 2.05) is 0 Å². The second-order valence-corrected chi connectivity index (χ2v) is 1.72. The first-order valence-electron chi connectivity index (χ1n) is 2.03. The lowest BCUT2D eigenvalue weighted by molar-refractivity contribution is 0.401. The molecule has 0 aromatic heterocycles. The van der Waals surface area contributed by atoms with E-state index in [0.29, 0.717) is 0 Å². The molecule has 0 bridgehead atoms. The lowest BCUT2D eigenvalue weighted by Gasteiger charge is -1.98. The van der Waals surface area contributed by atoms with Crippen LogP contribution in [-0.2, 0) is 0 Å². The lowest BCUT2D eigenvalue weighted by atomic mass is 10.6.